The van der Waals surface area contributed by atoms with Crippen molar-refractivity contribution < 1.29 is 6.85 Å². The summed E-state index contributed by atoms with van der Waals surface area (Å²) in [4.78, 5) is 5.11. The van der Waals surface area contributed by atoms with Gasteiger partial charge in [-0.2, -0.15) is 0 Å². The molecular weight excluding hydrogens is 1190 g/mol. The second kappa shape index (κ2) is 23.1. The molecule has 3 nitrogen and oxygen atoms in total. The Hall–Kier alpha value is -12.0. The highest BCUT2D eigenvalue weighted by Gasteiger charge is 2.51. The number of rotatable bonds is 10. The number of allylic oxidation sites excluding steroid dienone is 4. The van der Waals surface area contributed by atoms with Crippen molar-refractivity contribution in [2.75, 3.05) is 9.80 Å². The van der Waals surface area contributed by atoms with Crippen LogP contribution in [0, 0.1) is 5.92 Å². The summed E-state index contributed by atoms with van der Waals surface area (Å²) in [6, 6.07) is 108. The van der Waals surface area contributed by atoms with Crippen LogP contribution >= 0.6 is 0 Å². The van der Waals surface area contributed by atoms with Crippen molar-refractivity contribution >= 4 is 79.0 Å². The Bertz CT molecular complexity index is 5960. The first-order valence-electron chi connectivity index (χ1n) is 37.0. The highest BCUT2D eigenvalue weighted by Crippen LogP contribution is 2.62. The maximum atomic E-state index is 9.63. The Morgan fingerprint density at radius 1 is 0.404 bits per heavy atom. The minimum absolute atomic E-state index is 0.0445. The van der Waals surface area contributed by atoms with Crippen molar-refractivity contribution in [2.45, 2.75) is 38.0 Å². The molecule has 0 radical (unpaired) electrons. The molecule has 4 heteroatoms. The predicted molar refractivity (Wildman–Crippen MR) is 419 cm³/mol. The fraction of sp³-hybridized carbons (Fsp3) is 0.0737. The maximum Gasteiger partial charge on any atom is 0.252 e. The molecule has 2 unspecified atom stereocenters. The lowest BCUT2D eigenvalue weighted by atomic mass is 9.33. The van der Waals surface area contributed by atoms with Crippen LogP contribution in [-0.2, 0) is 10.8 Å². The Morgan fingerprint density at radius 3 is 1.64 bits per heavy atom. The smallest absolute Gasteiger partial charge is 0.252 e. The van der Waals surface area contributed by atoms with Gasteiger partial charge in [0.1, 0.15) is 0 Å². The average Bonchev–Trinajstić information content (AvgIpc) is 1.67. The molecule has 0 amide bonds. The SMILES string of the molecule is [2H]c1c([2H])c([2H])c(-c2ccc3c(c2)B2c4ccc(-n5c6ccccc6c6ccccc65)cc4N(c4ccc(C(C)(C)C)cc4-c4ccccc4)c4cc(-c5cccc6c5C(c5ccccc5)(C5C=CC=CC5)c5ccccc5-6)cc(c42)N3c2c(-c3ccccc3)cccc2-c2ccccc2)c([2H])c1[2H]. The molecule has 2 aliphatic carbocycles. The van der Waals surface area contributed by atoms with Gasteiger partial charge in [0, 0.05) is 55.9 Å². The molecule has 1 aromatic heterocycles. The lowest BCUT2D eigenvalue weighted by molar-refractivity contribution is 0.458. The summed E-state index contributed by atoms with van der Waals surface area (Å²) in [6.45, 7) is 6.38. The summed E-state index contributed by atoms with van der Waals surface area (Å²) in [7, 11) is 0. The van der Waals surface area contributed by atoms with E-state index in [-0.39, 0.29) is 41.1 Å². The quantitative estimate of drug-likeness (QED) is 0.126. The van der Waals surface area contributed by atoms with Crippen molar-refractivity contribution in [1.82, 2.24) is 4.57 Å². The number of hydrogen-bond donors (Lipinski definition) is 0. The van der Waals surface area contributed by atoms with Gasteiger partial charge in [-0.25, -0.2) is 0 Å². The van der Waals surface area contributed by atoms with Gasteiger partial charge < -0.3 is 14.4 Å². The zero-order chi connectivity index (χ0) is 70.3. The second-order valence-electron chi connectivity index (χ2n) is 27.8. The third kappa shape index (κ3) is 9.12. The molecule has 2 aliphatic heterocycles. The molecule has 0 fully saturated rings. The first-order valence-corrected chi connectivity index (χ1v) is 34.5. The molecule has 3 heterocycles. The van der Waals surface area contributed by atoms with E-state index in [9.17, 15) is 2.74 Å². The van der Waals surface area contributed by atoms with Gasteiger partial charge >= 0.3 is 0 Å². The van der Waals surface area contributed by atoms with Crippen LogP contribution in [0.3, 0.4) is 0 Å². The fourth-order valence-corrected chi connectivity index (χ4v) is 17.2. The molecule has 0 saturated heterocycles. The average molecular weight is 1270 g/mol. The van der Waals surface area contributed by atoms with Gasteiger partial charge in [0.2, 0.25) is 0 Å². The van der Waals surface area contributed by atoms with Gasteiger partial charge in [-0.05, 0) is 161 Å². The maximum absolute atomic E-state index is 9.63. The van der Waals surface area contributed by atoms with E-state index in [0.29, 0.717) is 5.56 Å². The fourth-order valence-electron chi connectivity index (χ4n) is 17.2. The minimum Gasteiger partial charge on any atom is -0.311 e. The first-order chi connectivity index (χ1) is 50.9. The molecule has 2 atom stereocenters. The number of anilines is 6. The normalized spacial score (nSPS) is 16.3. The van der Waals surface area contributed by atoms with Gasteiger partial charge in [0.15, 0.2) is 0 Å². The topological polar surface area (TPSA) is 11.4 Å². The molecule has 0 saturated carbocycles. The highest BCUT2D eigenvalue weighted by molar-refractivity contribution is 7.00. The van der Waals surface area contributed by atoms with E-state index in [1.54, 1.807) is 0 Å². The molecule has 14 aromatic carbocycles. The number of nitrogens with zero attached hydrogens (tertiary/aromatic N) is 3. The van der Waals surface area contributed by atoms with Crippen molar-refractivity contribution in [1.29, 1.82) is 0 Å². The number of para-hydroxylation sites is 3. The Kier molecular flexibility index (Phi) is 12.4. The number of benzene rings is 14. The van der Waals surface area contributed by atoms with Crippen LogP contribution in [0.1, 0.15) is 56.3 Å². The van der Waals surface area contributed by atoms with Crippen molar-refractivity contribution in [3.63, 3.8) is 0 Å². The standard InChI is InChI=1S/C95H70BN3/c1-94(2,3)71-53-57-86(80(61-71)66-36-16-7-17-37-66)98-88-62-72(97-84-50-26-23-43-77(84)78-44-24-27-51-85(78)97)54-55-82(88)96-83-58-67(63-30-10-4-11-31-63)52-56-87(83)99(93-74(64-32-12-5-13-33-64)46-29-47-75(93)65-34-14-6-15-35-65)90-60-68(59-89(98)92(90)96)73-45-28-48-79-76-42-22-25-49-81(76)95(91(73)79,69-38-18-8-19-39-69)70-40-20-9-21-41-70/h4-40,42-62,70H,41H2,1-3H3/i4D,10D,11D,30D,31D. The van der Waals surface area contributed by atoms with E-state index in [4.69, 9.17) is 4.11 Å². The first kappa shape index (κ1) is 53.2. The highest BCUT2D eigenvalue weighted by atomic mass is 15.2. The Labute approximate surface area is 587 Å². The molecule has 0 spiro atoms. The van der Waals surface area contributed by atoms with Crippen LogP contribution < -0.4 is 26.2 Å². The van der Waals surface area contributed by atoms with E-state index in [1.807, 2.05) is 6.07 Å². The van der Waals surface area contributed by atoms with Crippen molar-refractivity contribution in [2.24, 2.45) is 5.92 Å². The molecule has 468 valence electrons. The molecule has 4 aliphatic rings. The van der Waals surface area contributed by atoms with Crippen LogP contribution in [-0.4, -0.2) is 11.3 Å². The monoisotopic (exact) mass is 1270 g/mol. The molecule has 15 aromatic rings. The van der Waals surface area contributed by atoms with Crippen LogP contribution in [0.25, 0.3) is 94.3 Å². The molecule has 0 bridgehead atoms. The van der Waals surface area contributed by atoms with Crippen molar-refractivity contribution in [3.8, 4) is 72.4 Å². The summed E-state index contributed by atoms with van der Waals surface area (Å²) in [5.74, 6) is 0.0445. The van der Waals surface area contributed by atoms with Crippen LogP contribution in [0.4, 0.5) is 34.1 Å². The number of hydrogen-bond acceptors (Lipinski definition) is 2. The number of aromatic nitrogens is 1. The van der Waals surface area contributed by atoms with E-state index < -0.39 is 18.2 Å². The minimum atomic E-state index is -0.639. The van der Waals surface area contributed by atoms with E-state index in [1.165, 1.54) is 33.4 Å². The zero-order valence-electron chi connectivity index (χ0n) is 60.3. The van der Waals surface area contributed by atoms with Gasteiger partial charge in [-0.3, -0.25) is 0 Å². The largest absolute Gasteiger partial charge is 0.311 e. The van der Waals surface area contributed by atoms with Gasteiger partial charge in [-0.1, -0.05) is 318 Å². The summed E-state index contributed by atoms with van der Waals surface area (Å²) in [5, 5.41) is 2.33. The third-order valence-corrected chi connectivity index (χ3v) is 21.5. The number of fused-ring (bicyclic) bond motifs is 10. The van der Waals surface area contributed by atoms with E-state index >= 15 is 0 Å². The van der Waals surface area contributed by atoms with Gasteiger partial charge in [0.25, 0.3) is 6.71 Å². The molecule has 99 heavy (non-hydrogen) atoms. The predicted octanol–water partition coefficient (Wildman–Crippen LogP) is 22.9. The Morgan fingerprint density at radius 2 is 0.980 bits per heavy atom. The van der Waals surface area contributed by atoms with Crippen molar-refractivity contribution in [3.05, 3.63) is 374 Å². The van der Waals surface area contributed by atoms with Gasteiger partial charge in [0.05, 0.1) is 34.7 Å². The summed E-state index contributed by atoms with van der Waals surface area (Å²) >= 11 is 0. The lowest BCUT2D eigenvalue weighted by Crippen LogP contribution is -2.61. The molecule has 0 N–H and O–H groups in total. The van der Waals surface area contributed by atoms with Crippen LogP contribution in [0.2, 0.25) is 0 Å². The second-order valence-corrected chi connectivity index (χ2v) is 27.8. The zero-order valence-corrected chi connectivity index (χ0v) is 55.3. The van der Waals surface area contributed by atoms with E-state index in [0.717, 1.165) is 129 Å². The summed E-state index contributed by atoms with van der Waals surface area (Å²) in [6.07, 6.45) is 10.1. The Balaban J connectivity index is 1.01. The molecular formula is C95H70BN3. The summed E-state index contributed by atoms with van der Waals surface area (Å²) < 4.78 is 48.8. The van der Waals surface area contributed by atoms with Crippen LogP contribution in [0.15, 0.2) is 352 Å². The lowest BCUT2D eigenvalue weighted by Gasteiger charge is -2.46. The van der Waals surface area contributed by atoms with Crippen LogP contribution in [0.5, 0.6) is 0 Å². The summed E-state index contributed by atoms with van der Waals surface area (Å²) in [5.41, 5.74) is 27.8. The molecule has 19 rings (SSSR count). The van der Waals surface area contributed by atoms with Gasteiger partial charge in [-0.15, -0.1) is 0 Å². The third-order valence-electron chi connectivity index (χ3n) is 21.5. The van der Waals surface area contributed by atoms with E-state index in [2.05, 4.69) is 351 Å².